The van der Waals surface area contributed by atoms with Gasteiger partial charge in [-0.25, -0.2) is 23.1 Å². The molecule has 0 fully saturated rings. The van der Waals surface area contributed by atoms with Gasteiger partial charge in [0.2, 0.25) is 10.0 Å². The number of nitrogens with one attached hydrogen (secondary N) is 1. The number of aromatic nitrogens is 4. The standard InChI is InChI=1S/C16H17N5O2S/c22-24(23,13-14-4-2-1-3-5-14)20-9-11-21-10-8-19-16(21)15-12-17-6-7-18-15/h1-8,10,12,20H,9,11,13H2. The molecule has 124 valence electrons. The first-order chi connectivity index (χ1) is 11.6. The van der Waals surface area contributed by atoms with Gasteiger partial charge < -0.3 is 4.57 Å². The number of hydrogen-bond donors (Lipinski definition) is 1. The van der Waals surface area contributed by atoms with Gasteiger partial charge >= 0.3 is 0 Å². The fourth-order valence-electron chi connectivity index (χ4n) is 2.30. The Labute approximate surface area is 140 Å². The zero-order valence-corrected chi connectivity index (χ0v) is 13.7. The van der Waals surface area contributed by atoms with E-state index in [0.717, 1.165) is 5.56 Å². The lowest BCUT2D eigenvalue weighted by molar-refractivity contribution is 0.572. The molecular weight excluding hydrogens is 326 g/mol. The number of rotatable bonds is 7. The summed E-state index contributed by atoms with van der Waals surface area (Å²) in [4.78, 5) is 12.5. The van der Waals surface area contributed by atoms with Gasteiger partial charge in [-0.1, -0.05) is 30.3 Å². The molecule has 3 rings (SSSR count). The van der Waals surface area contributed by atoms with Crippen molar-refractivity contribution in [3.05, 3.63) is 66.9 Å². The third-order valence-corrected chi connectivity index (χ3v) is 4.74. The van der Waals surface area contributed by atoms with Crippen LogP contribution in [0.25, 0.3) is 11.5 Å². The van der Waals surface area contributed by atoms with E-state index < -0.39 is 10.0 Å². The molecule has 0 amide bonds. The number of imidazole rings is 1. The normalized spacial score (nSPS) is 11.5. The van der Waals surface area contributed by atoms with Crippen LogP contribution < -0.4 is 4.72 Å². The number of sulfonamides is 1. The van der Waals surface area contributed by atoms with Crippen molar-refractivity contribution in [2.24, 2.45) is 0 Å². The smallest absolute Gasteiger partial charge is 0.215 e. The Hall–Kier alpha value is -2.58. The average molecular weight is 343 g/mol. The van der Waals surface area contributed by atoms with Crippen LogP contribution >= 0.6 is 0 Å². The van der Waals surface area contributed by atoms with Crippen molar-refractivity contribution in [1.29, 1.82) is 0 Å². The SMILES string of the molecule is O=S(=O)(Cc1ccccc1)NCCn1ccnc1-c1cnccn1. The van der Waals surface area contributed by atoms with Crippen LogP contribution in [0, 0.1) is 0 Å². The molecule has 0 atom stereocenters. The van der Waals surface area contributed by atoms with Crippen LogP contribution in [0.5, 0.6) is 0 Å². The summed E-state index contributed by atoms with van der Waals surface area (Å²) in [5.74, 6) is 0.625. The first-order valence-electron chi connectivity index (χ1n) is 7.43. The highest BCUT2D eigenvalue weighted by Gasteiger charge is 2.12. The van der Waals surface area contributed by atoms with Gasteiger partial charge in [0, 0.05) is 37.9 Å². The minimum Gasteiger partial charge on any atom is -0.328 e. The van der Waals surface area contributed by atoms with Gasteiger partial charge in [-0.15, -0.1) is 0 Å². The molecule has 0 aliphatic carbocycles. The van der Waals surface area contributed by atoms with Crippen molar-refractivity contribution in [2.75, 3.05) is 6.54 Å². The Bertz CT molecular complexity index is 879. The van der Waals surface area contributed by atoms with Crippen LogP contribution in [-0.2, 0) is 22.3 Å². The van der Waals surface area contributed by atoms with Crippen molar-refractivity contribution >= 4 is 10.0 Å². The first-order valence-corrected chi connectivity index (χ1v) is 9.08. The van der Waals surface area contributed by atoms with E-state index in [1.165, 1.54) is 0 Å². The van der Waals surface area contributed by atoms with Gasteiger partial charge in [-0.3, -0.25) is 4.98 Å². The molecule has 0 unspecified atom stereocenters. The molecule has 0 aliphatic rings. The Balaban J connectivity index is 1.60. The third kappa shape index (κ3) is 4.24. The molecule has 0 radical (unpaired) electrons. The molecular formula is C16H17N5O2S. The van der Waals surface area contributed by atoms with E-state index in [2.05, 4.69) is 19.7 Å². The Morgan fingerprint density at radius 1 is 1.04 bits per heavy atom. The maximum Gasteiger partial charge on any atom is 0.215 e. The van der Waals surface area contributed by atoms with E-state index >= 15 is 0 Å². The summed E-state index contributed by atoms with van der Waals surface area (Å²) < 4.78 is 28.7. The minimum atomic E-state index is -3.38. The van der Waals surface area contributed by atoms with Gasteiger partial charge in [0.05, 0.1) is 11.9 Å². The van der Waals surface area contributed by atoms with E-state index in [-0.39, 0.29) is 12.3 Å². The second-order valence-electron chi connectivity index (χ2n) is 5.17. The molecule has 2 heterocycles. The fraction of sp³-hybridized carbons (Fsp3) is 0.188. The summed E-state index contributed by atoms with van der Waals surface area (Å²) in [5, 5.41) is 0. The summed E-state index contributed by atoms with van der Waals surface area (Å²) >= 11 is 0. The van der Waals surface area contributed by atoms with E-state index in [1.54, 1.807) is 43.1 Å². The van der Waals surface area contributed by atoms with Crippen molar-refractivity contribution in [3.8, 4) is 11.5 Å². The fourth-order valence-corrected chi connectivity index (χ4v) is 3.44. The molecule has 7 nitrogen and oxygen atoms in total. The molecule has 0 aliphatic heterocycles. The Morgan fingerprint density at radius 3 is 2.62 bits per heavy atom. The van der Waals surface area contributed by atoms with Gasteiger partial charge in [0.25, 0.3) is 0 Å². The van der Waals surface area contributed by atoms with Crippen LogP contribution in [0.3, 0.4) is 0 Å². The summed E-state index contributed by atoms with van der Waals surface area (Å²) in [6, 6.07) is 9.09. The van der Waals surface area contributed by atoms with Crippen LogP contribution in [-0.4, -0.2) is 34.5 Å². The van der Waals surface area contributed by atoms with Crippen molar-refractivity contribution in [1.82, 2.24) is 24.2 Å². The van der Waals surface area contributed by atoms with Crippen LogP contribution in [0.15, 0.2) is 61.3 Å². The number of benzene rings is 1. The molecule has 3 aromatic rings. The molecule has 2 aromatic heterocycles. The lowest BCUT2D eigenvalue weighted by Crippen LogP contribution is -2.28. The second-order valence-corrected chi connectivity index (χ2v) is 6.98. The summed E-state index contributed by atoms with van der Waals surface area (Å²) in [6.45, 7) is 0.735. The van der Waals surface area contributed by atoms with Gasteiger partial charge in [-0.05, 0) is 5.56 Å². The number of nitrogens with zero attached hydrogens (tertiary/aromatic N) is 4. The molecule has 1 aromatic carbocycles. The summed E-state index contributed by atoms with van der Waals surface area (Å²) in [5.41, 5.74) is 1.41. The van der Waals surface area contributed by atoms with Crippen molar-refractivity contribution < 1.29 is 8.42 Å². The lowest BCUT2D eigenvalue weighted by Gasteiger charge is -2.09. The van der Waals surface area contributed by atoms with E-state index in [4.69, 9.17) is 0 Å². The summed E-state index contributed by atoms with van der Waals surface area (Å²) in [7, 11) is -3.38. The zero-order valence-electron chi connectivity index (χ0n) is 12.9. The van der Waals surface area contributed by atoms with Gasteiger partial charge in [0.1, 0.15) is 5.69 Å². The van der Waals surface area contributed by atoms with Crippen LogP contribution in [0.2, 0.25) is 0 Å². The predicted octanol–water partition coefficient (Wildman–Crippen LogP) is 1.46. The van der Waals surface area contributed by atoms with Crippen LogP contribution in [0.1, 0.15) is 5.56 Å². The maximum atomic E-state index is 12.1. The van der Waals surface area contributed by atoms with Gasteiger partial charge in [0.15, 0.2) is 5.82 Å². The maximum absolute atomic E-state index is 12.1. The molecule has 0 bridgehead atoms. The highest BCUT2D eigenvalue weighted by molar-refractivity contribution is 7.88. The largest absolute Gasteiger partial charge is 0.328 e. The molecule has 0 saturated heterocycles. The Kier molecular flexibility index (Phi) is 4.97. The van der Waals surface area contributed by atoms with Crippen LogP contribution in [0.4, 0.5) is 0 Å². The molecule has 24 heavy (non-hydrogen) atoms. The summed E-state index contributed by atoms with van der Waals surface area (Å²) in [6.07, 6.45) is 8.25. The predicted molar refractivity (Wildman–Crippen MR) is 90.3 cm³/mol. The number of hydrogen-bond acceptors (Lipinski definition) is 5. The average Bonchev–Trinajstić information content (AvgIpc) is 3.04. The molecule has 0 spiro atoms. The molecule has 1 N–H and O–H groups in total. The second kappa shape index (κ2) is 7.33. The lowest BCUT2D eigenvalue weighted by atomic mass is 10.2. The minimum absolute atomic E-state index is 0.0329. The van der Waals surface area contributed by atoms with Gasteiger partial charge in [-0.2, -0.15) is 0 Å². The van der Waals surface area contributed by atoms with E-state index in [1.807, 2.05) is 22.8 Å². The third-order valence-electron chi connectivity index (χ3n) is 3.38. The zero-order chi connectivity index (χ0) is 16.8. The highest BCUT2D eigenvalue weighted by atomic mass is 32.2. The first kappa shape index (κ1) is 16.3. The quantitative estimate of drug-likeness (QED) is 0.701. The molecule has 8 heteroatoms. The van der Waals surface area contributed by atoms with Crippen molar-refractivity contribution in [3.63, 3.8) is 0 Å². The molecule has 0 saturated carbocycles. The monoisotopic (exact) mass is 343 g/mol. The Morgan fingerprint density at radius 2 is 1.88 bits per heavy atom. The van der Waals surface area contributed by atoms with Crippen molar-refractivity contribution in [2.45, 2.75) is 12.3 Å². The van der Waals surface area contributed by atoms with E-state index in [9.17, 15) is 8.42 Å². The van der Waals surface area contributed by atoms with E-state index in [0.29, 0.717) is 18.1 Å². The topological polar surface area (TPSA) is 89.8 Å². The highest BCUT2D eigenvalue weighted by Crippen LogP contribution is 2.12.